The Kier molecular flexibility index (Phi) is 4.57. The van der Waals surface area contributed by atoms with Crippen molar-refractivity contribution < 1.29 is 23.0 Å². The smallest absolute Gasteiger partial charge is 0.198 e. The van der Waals surface area contributed by atoms with Crippen molar-refractivity contribution in [3.63, 3.8) is 0 Å². The van der Waals surface area contributed by atoms with Gasteiger partial charge in [0.25, 0.3) is 0 Å². The van der Waals surface area contributed by atoms with Gasteiger partial charge in [-0.2, -0.15) is 0 Å². The Morgan fingerprint density at radius 2 is 1.76 bits per heavy atom. The Hall–Kier alpha value is -1.95. The van der Waals surface area contributed by atoms with Crippen molar-refractivity contribution in [3.05, 3.63) is 57.6 Å². The molecule has 0 fully saturated rings. The first kappa shape index (κ1) is 15.4. The number of ether oxygens (including phenoxy) is 2. The summed E-state index contributed by atoms with van der Waals surface area (Å²) in [5.41, 5.74) is 0.198. The Morgan fingerprint density at radius 3 is 2.38 bits per heavy atom. The molecule has 0 aliphatic carbocycles. The zero-order chi connectivity index (χ0) is 15.6. The van der Waals surface area contributed by atoms with Gasteiger partial charge in [0.2, 0.25) is 0 Å². The van der Waals surface area contributed by atoms with Crippen LogP contribution in [-0.4, -0.2) is 20.0 Å². The molecule has 0 aliphatic heterocycles. The van der Waals surface area contributed by atoms with Gasteiger partial charge in [0, 0.05) is 5.56 Å². The monoisotopic (exact) mass is 356 g/mol. The molecule has 2 aromatic rings. The van der Waals surface area contributed by atoms with E-state index in [4.69, 9.17) is 9.47 Å². The summed E-state index contributed by atoms with van der Waals surface area (Å²) in [4.78, 5) is 12.5. The first-order chi connectivity index (χ1) is 9.99. The van der Waals surface area contributed by atoms with Gasteiger partial charge in [-0.3, -0.25) is 4.79 Å². The van der Waals surface area contributed by atoms with Crippen LogP contribution in [0.2, 0.25) is 0 Å². The van der Waals surface area contributed by atoms with Gasteiger partial charge in [0.05, 0.1) is 24.3 Å². The van der Waals surface area contributed by atoms with Crippen molar-refractivity contribution in [3.8, 4) is 11.5 Å². The normalized spacial score (nSPS) is 10.3. The van der Waals surface area contributed by atoms with Gasteiger partial charge in [-0.25, -0.2) is 8.78 Å². The van der Waals surface area contributed by atoms with E-state index in [1.54, 1.807) is 12.1 Å². The van der Waals surface area contributed by atoms with Crippen LogP contribution in [0.5, 0.6) is 11.5 Å². The van der Waals surface area contributed by atoms with Crippen LogP contribution in [-0.2, 0) is 0 Å². The van der Waals surface area contributed by atoms with Crippen LogP contribution < -0.4 is 9.47 Å². The molecular weight excluding hydrogens is 346 g/mol. The summed E-state index contributed by atoms with van der Waals surface area (Å²) in [7, 11) is 2.88. The molecule has 0 bridgehead atoms. The van der Waals surface area contributed by atoms with Crippen molar-refractivity contribution in [1.29, 1.82) is 0 Å². The van der Waals surface area contributed by atoms with Crippen LogP contribution in [0.15, 0.2) is 34.8 Å². The molecule has 21 heavy (non-hydrogen) atoms. The summed E-state index contributed by atoms with van der Waals surface area (Å²) in [5.74, 6) is -1.87. The fraction of sp³-hybridized carbons (Fsp3) is 0.133. The summed E-state index contributed by atoms with van der Waals surface area (Å²) in [6.45, 7) is 0. The van der Waals surface area contributed by atoms with Crippen LogP contribution in [0, 0.1) is 11.6 Å². The van der Waals surface area contributed by atoms with Crippen molar-refractivity contribution in [2.45, 2.75) is 0 Å². The Morgan fingerprint density at radius 1 is 1.05 bits per heavy atom. The number of hydrogen-bond donors (Lipinski definition) is 0. The standard InChI is InChI=1S/C15H11BrF2O3/c1-20-8-3-6-12(21-2)10(7-8)15(19)9-4-5-11(17)14(18)13(9)16/h3-7H,1-2H3. The number of benzene rings is 2. The zero-order valence-corrected chi connectivity index (χ0v) is 12.8. The third kappa shape index (κ3) is 2.90. The van der Waals surface area contributed by atoms with E-state index in [-0.39, 0.29) is 15.6 Å². The van der Waals surface area contributed by atoms with Crippen LogP contribution in [0.4, 0.5) is 8.78 Å². The number of ketones is 1. The Labute approximate surface area is 128 Å². The number of methoxy groups -OCH3 is 2. The second-order valence-electron chi connectivity index (χ2n) is 4.12. The fourth-order valence-corrected chi connectivity index (χ4v) is 2.34. The third-order valence-electron chi connectivity index (χ3n) is 2.93. The minimum absolute atomic E-state index is 0.000420. The molecule has 0 atom stereocenters. The molecule has 0 saturated heterocycles. The maximum absolute atomic E-state index is 13.6. The molecule has 0 aromatic heterocycles. The summed E-state index contributed by atoms with van der Waals surface area (Å²) in [5, 5.41) is 0. The van der Waals surface area contributed by atoms with Crippen LogP contribution in [0.3, 0.4) is 0 Å². The lowest BCUT2D eigenvalue weighted by Crippen LogP contribution is -2.07. The molecule has 0 unspecified atom stereocenters. The second kappa shape index (κ2) is 6.22. The van der Waals surface area contributed by atoms with Gasteiger partial charge in [-0.15, -0.1) is 0 Å². The molecule has 6 heteroatoms. The molecule has 0 radical (unpaired) electrons. The fourth-order valence-electron chi connectivity index (χ4n) is 1.84. The molecular formula is C15H11BrF2O3. The number of carbonyl (C=O) groups is 1. The molecule has 0 N–H and O–H groups in total. The molecule has 0 spiro atoms. The summed E-state index contributed by atoms with van der Waals surface area (Å²) >= 11 is 2.90. The predicted octanol–water partition coefficient (Wildman–Crippen LogP) is 3.98. The number of hydrogen-bond acceptors (Lipinski definition) is 3. The Bertz CT molecular complexity index is 702. The van der Waals surface area contributed by atoms with Crippen LogP contribution in [0.1, 0.15) is 15.9 Å². The van der Waals surface area contributed by atoms with E-state index >= 15 is 0 Å². The maximum Gasteiger partial charge on any atom is 0.198 e. The van der Waals surface area contributed by atoms with Gasteiger partial charge in [-0.1, -0.05) is 0 Å². The molecule has 2 aromatic carbocycles. The molecule has 0 heterocycles. The van der Waals surface area contributed by atoms with Crippen molar-refractivity contribution in [1.82, 2.24) is 0 Å². The summed E-state index contributed by atoms with van der Waals surface area (Å²) in [6.07, 6.45) is 0. The average Bonchev–Trinajstić information content (AvgIpc) is 2.51. The van der Waals surface area contributed by atoms with Crippen LogP contribution >= 0.6 is 15.9 Å². The van der Waals surface area contributed by atoms with E-state index in [0.29, 0.717) is 11.5 Å². The number of rotatable bonds is 4. The lowest BCUT2D eigenvalue weighted by atomic mass is 10.0. The lowest BCUT2D eigenvalue weighted by molar-refractivity contribution is 0.103. The third-order valence-corrected chi connectivity index (χ3v) is 3.71. The molecule has 2 rings (SSSR count). The van der Waals surface area contributed by atoms with E-state index < -0.39 is 17.4 Å². The van der Waals surface area contributed by atoms with E-state index in [0.717, 1.165) is 6.07 Å². The lowest BCUT2D eigenvalue weighted by Gasteiger charge is -2.11. The summed E-state index contributed by atoms with van der Waals surface area (Å²) in [6, 6.07) is 6.80. The highest BCUT2D eigenvalue weighted by molar-refractivity contribution is 9.10. The maximum atomic E-state index is 13.6. The van der Waals surface area contributed by atoms with E-state index in [9.17, 15) is 13.6 Å². The predicted molar refractivity (Wildman–Crippen MR) is 77.0 cm³/mol. The number of carbonyl (C=O) groups excluding carboxylic acids is 1. The topological polar surface area (TPSA) is 35.5 Å². The minimum Gasteiger partial charge on any atom is -0.497 e. The van der Waals surface area contributed by atoms with Crippen molar-refractivity contribution in [2.24, 2.45) is 0 Å². The highest BCUT2D eigenvalue weighted by Crippen LogP contribution is 2.30. The van der Waals surface area contributed by atoms with Gasteiger partial charge in [0.15, 0.2) is 17.4 Å². The van der Waals surface area contributed by atoms with Crippen molar-refractivity contribution in [2.75, 3.05) is 14.2 Å². The highest BCUT2D eigenvalue weighted by atomic mass is 79.9. The number of halogens is 3. The first-order valence-corrected chi connectivity index (χ1v) is 6.69. The van der Waals surface area contributed by atoms with Gasteiger partial charge in [0.1, 0.15) is 11.5 Å². The SMILES string of the molecule is COc1ccc(OC)c(C(=O)c2ccc(F)c(F)c2Br)c1. The second-order valence-corrected chi connectivity index (χ2v) is 4.91. The molecule has 0 saturated carbocycles. The van der Waals surface area contributed by atoms with Gasteiger partial charge < -0.3 is 9.47 Å². The molecule has 0 aliphatic rings. The van der Waals surface area contributed by atoms with E-state index in [2.05, 4.69) is 15.9 Å². The largest absolute Gasteiger partial charge is 0.497 e. The minimum atomic E-state index is -1.11. The van der Waals surface area contributed by atoms with Gasteiger partial charge in [-0.05, 0) is 46.3 Å². The van der Waals surface area contributed by atoms with Crippen LogP contribution in [0.25, 0.3) is 0 Å². The van der Waals surface area contributed by atoms with E-state index in [1.807, 2.05) is 0 Å². The van der Waals surface area contributed by atoms with Crippen molar-refractivity contribution >= 4 is 21.7 Å². The Balaban J connectivity index is 2.57. The molecule has 110 valence electrons. The molecule has 0 amide bonds. The highest BCUT2D eigenvalue weighted by Gasteiger charge is 2.21. The van der Waals surface area contributed by atoms with Gasteiger partial charge >= 0.3 is 0 Å². The summed E-state index contributed by atoms with van der Waals surface area (Å²) < 4.78 is 36.7. The quantitative estimate of drug-likeness (QED) is 0.614. The van der Waals surface area contributed by atoms with E-state index in [1.165, 1.54) is 26.4 Å². The average molecular weight is 357 g/mol. The first-order valence-electron chi connectivity index (χ1n) is 5.89. The molecule has 3 nitrogen and oxygen atoms in total. The zero-order valence-electron chi connectivity index (χ0n) is 11.2.